The molecule has 8 heteroatoms. The number of aromatic nitrogens is 2. The Labute approximate surface area is 131 Å². The fraction of sp³-hybridized carbons (Fsp3) is 0.714. The number of amides is 2. The lowest BCUT2D eigenvalue weighted by molar-refractivity contribution is 0.146. The molecule has 2 heterocycles. The van der Waals surface area contributed by atoms with Gasteiger partial charge in [-0.2, -0.15) is 0 Å². The van der Waals surface area contributed by atoms with Gasteiger partial charge in [-0.3, -0.25) is 0 Å². The molecule has 1 aromatic rings. The minimum absolute atomic E-state index is 0.0332. The maximum atomic E-state index is 12.5. The van der Waals surface area contributed by atoms with Crippen LogP contribution < -0.4 is 5.32 Å². The maximum Gasteiger partial charge on any atom is 0.318 e. The topological polar surface area (TPSA) is 95.2 Å². The lowest BCUT2D eigenvalue weighted by Gasteiger charge is -2.35. The highest BCUT2D eigenvalue weighted by Crippen LogP contribution is 2.28. The van der Waals surface area contributed by atoms with Gasteiger partial charge >= 0.3 is 6.03 Å². The van der Waals surface area contributed by atoms with E-state index in [0.717, 1.165) is 25.1 Å². The van der Waals surface area contributed by atoms with Gasteiger partial charge in [-0.1, -0.05) is 6.92 Å². The molecule has 0 aromatic carbocycles. The Morgan fingerprint density at radius 3 is 2.95 bits per heavy atom. The van der Waals surface area contributed by atoms with Crippen molar-refractivity contribution >= 4 is 15.9 Å². The predicted molar refractivity (Wildman–Crippen MR) is 84.2 cm³/mol. The number of imidazole rings is 1. The van der Waals surface area contributed by atoms with Crippen molar-refractivity contribution in [2.45, 2.75) is 45.2 Å². The largest absolute Gasteiger partial charge is 0.347 e. The highest BCUT2D eigenvalue weighted by Gasteiger charge is 2.30. The summed E-state index contributed by atoms with van der Waals surface area (Å²) in [6.45, 7) is 3.99. The van der Waals surface area contributed by atoms with Gasteiger partial charge in [0, 0.05) is 30.7 Å². The van der Waals surface area contributed by atoms with Crippen LogP contribution in [0.25, 0.3) is 0 Å². The molecular formula is C14H24N4O3S. The first kappa shape index (κ1) is 16.8. The van der Waals surface area contributed by atoms with Gasteiger partial charge in [0.25, 0.3) is 0 Å². The van der Waals surface area contributed by atoms with Crippen LogP contribution in [0.4, 0.5) is 4.79 Å². The summed E-state index contributed by atoms with van der Waals surface area (Å²) in [7, 11) is -3.10. The van der Waals surface area contributed by atoms with Crippen molar-refractivity contribution in [3.8, 4) is 0 Å². The van der Waals surface area contributed by atoms with E-state index in [1.807, 2.05) is 0 Å². The lowest BCUT2D eigenvalue weighted by atomic mass is 10.0. The number of sulfone groups is 1. The monoisotopic (exact) mass is 328 g/mol. The summed E-state index contributed by atoms with van der Waals surface area (Å²) in [4.78, 5) is 21.5. The van der Waals surface area contributed by atoms with E-state index in [0.29, 0.717) is 6.54 Å². The first-order valence-electron chi connectivity index (χ1n) is 7.69. The number of hydrogen-bond donors (Lipinski definition) is 2. The van der Waals surface area contributed by atoms with Crippen molar-refractivity contribution in [3.05, 3.63) is 18.2 Å². The number of nitrogens with one attached hydrogen (secondary N) is 2. The van der Waals surface area contributed by atoms with E-state index in [4.69, 9.17) is 0 Å². The van der Waals surface area contributed by atoms with Gasteiger partial charge in [0.05, 0.1) is 11.8 Å². The Hall–Kier alpha value is -1.57. The summed E-state index contributed by atoms with van der Waals surface area (Å²) in [5, 5.41) is 2.80. The summed E-state index contributed by atoms with van der Waals surface area (Å²) in [6.07, 6.45) is 6.29. The molecule has 2 amide bonds. The molecule has 0 unspecified atom stereocenters. The normalized spacial score (nSPS) is 20.6. The Bertz CT molecular complexity index is 585. The number of carbonyl (C=O) groups is 1. The SMILES string of the molecule is CCS(=O)(=O)C[C@@H](C)NC(=O)N1CCCC[C@@H]1c1ncc[nH]1. The van der Waals surface area contributed by atoms with Crippen LogP contribution in [0.5, 0.6) is 0 Å². The van der Waals surface area contributed by atoms with E-state index in [-0.39, 0.29) is 23.6 Å². The molecule has 0 radical (unpaired) electrons. The second kappa shape index (κ2) is 7.13. The minimum Gasteiger partial charge on any atom is -0.347 e. The van der Waals surface area contributed by atoms with Gasteiger partial charge in [-0.15, -0.1) is 0 Å². The molecule has 7 nitrogen and oxygen atoms in total. The third-order valence-corrected chi connectivity index (χ3v) is 5.80. The summed E-state index contributed by atoms with van der Waals surface area (Å²) < 4.78 is 23.3. The zero-order chi connectivity index (χ0) is 16.2. The van der Waals surface area contributed by atoms with Crippen LogP contribution in [-0.4, -0.2) is 53.4 Å². The Balaban J connectivity index is 2.00. The van der Waals surface area contributed by atoms with Crippen molar-refractivity contribution in [2.24, 2.45) is 0 Å². The Kier molecular flexibility index (Phi) is 5.44. The zero-order valence-corrected chi connectivity index (χ0v) is 13.9. The number of aromatic amines is 1. The van der Waals surface area contributed by atoms with Gasteiger partial charge in [-0.25, -0.2) is 18.2 Å². The molecule has 1 aliphatic heterocycles. The van der Waals surface area contributed by atoms with Crippen LogP contribution in [0, 0.1) is 0 Å². The molecule has 2 rings (SSSR count). The second-order valence-corrected chi connectivity index (χ2v) is 8.13. The highest BCUT2D eigenvalue weighted by atomic mass is 32.2. The third-order valence-electron chi connectivity index (χ3n) is 3.91. The molecular weight excluding hydrogens is 304 g/mol. The fourth-order valence-electron chi connectivity index (χ4n) is 2.75. The van der Waals surface area contributed by atoms with Crippen LogP contribution in [-0.2, 0) is 9.84 Å². The van der Waals surface area contributed by atoms with E-state index < -0.39 is 15.9 Å². The molecule has 1 fully saturated rings. The Morgan fingerprint density at radius 2 is 2.32 bits per heavy atom. The van der Waals surface area contributed by atoms with Crippen LogP contribution in [0.15, 0.2) is 12.4 Å². The quantitative estimate of drug-likeness (QED) is 0.855. The number of hydrogen-bond acceptors (Lipinski definition) is 4. The van der Waals surface area contributed by atoms with E-state index in [9.17, 15) is 13.2 Å². The molecule has 0 spiro atoms. The van der Waals surface area contributed by atoms with Crippen molar-refractivity contribution in [1.29, 1.82) is 0 Å². The highest BCUT2D eigenvalue weighted by molar-refractivity contribution is 7.91. The number of urea groups is 1. The summed E-state index contributed by atoms with van der Waals surface area (Å²) >= 11 is 0. The van der Waals surface area contributed by atoms with Crippen molar-refractivity contribution < 1.29 is 13.2 Å². The third kappa shape index (κ3) is 4.22. The average molecular weight is 328 g/mol. The predicted octanol–water partition coefficient (Wildman–Crippen LogP) is 1.47. The van der Waals surface area contributed by atoms with E-state index in [2.05, 4.69) is 15.3 Å². The number of likely N-dealkylation sites (tertiary alicyclic amines) is 1. The number of piperidine rings is 1. The maximum absolute atomic E-state index is 12.5. The van der Waals surface area contributed by atoms with Crippen LogP contribution in [0.1, 0.15) is 45.0 Å². The smallest absolute Gasteiger partial charge is 0.318 e. The zero-order valence-electron chi connectivity index (χ0n) is 13.1. The molecule has 0 aliphatic carbocycles. The van der Waals surface area contributed by atoms with Crippen LogP contribution in [0.3, 0.4) is 0 Å². The second-order valence-electron chi connectivity index (χ2n) is 5.73. The van der Waals surface area contributed by atoms with Gasteiger partial charge in [0.2, 0.25) is 0 Å². The molecule has 0 bridgehead atoms. The van der Waals surface area contributed by atoms with Gasteiger partial charge in [-0.05, 0) is 26.2 Å². The van der Waals surface area contributed by atoms with Crippen LogP contribution >= 0.6 is 0 Å². The fourth-order valence-corrected chi connectivity index (χ4v) is 3.83. The lowest BCUT2D eigenvalue weighted by Crippen LogP contribution is -2.49. The van der Waals surface area contributed by atoms with Gasteiger partial charge < -0.3 is 15.2 Å². The molecule has 124 valence electrons. The van der Waals surface area contributed by atoms with E-state index in [1.54, 1.807) is 31.1 Å². The molecule has 22 heavy (non-hydrogen) atoms. The Morgan fingerprint density at radius 1 is 1.55 bits per heavy atom. The molecule has 2 N–H and O–H groups in total. The minimum atomic E-state index is -3.10. The van der Waals surface area contributed by atoms with Crippen molar-refractivity contribution in [2.75, 3.05) is 18.1 Å². The first-order chi connectivity index (χ1) is 10.4. The number of H-pyrrole nitrogens is 1. The first-order valence-corrected chi connectivity index (χ1v) is 9.52. The molecule has 2 atom stereocenters. The van der Waals surface area contributed by atoms with E-state index >= 15 is 0 Å². The summed E-state index contributed by atoms with van der Waals surface area (Å²) in [6, 6.07) is -0.699. The summed E-state index contributed by atoms with van der Waals surface area (Å²) in [5.74, 6) is 0.837. The summed E-state index contributed by atoms with van der Waals surface area (Å²) in [5.41, 5.74) is 0. The molecule has 1 aromatic heterocycles. The standard InChI is InChI=1S/C14H24N4O3S/c1-3-22(20,21)10-11(2)17-14(19)18-9-5-4-6-12(18)13-15-7-8-16-13/h7-8,11-12H,3-6,9-10H2,1-2H3,(H,15,16)(H,17,19)/t11-,12-/m1/s1. The molecule has 0 saturated carbocycles. The van der Waals surface area contributed by atoms with Gasteiger partial charge in [0.15, 0.2) is 9.84 Å². The number of rotatable bonds is 5. The number of carbonyl (C=O) groups excluding carboxylic acids is 1. The van der Waals surface area contributed by atoms with Gasteiger partial charge in [0.1, 0.15) is 5.82 Å². The number of nitrogens with zero attached hydrogens (tertiary/aromatic N) is 2. The van der Waals surface area contributed by atoms with Crippen molar-refractivity contribution in [3.63, 3.8) is 0 Å². The molecule has 1 aliphatic rings. The molecule has 1 saturated heterocycles. The van der Waals surface area contributed by atoms with Crippen molar-refractivity contribution in [1.82, 2.24) is 20.2 Å². The van der Waals surface area contributed by atoms with E-state index in [1.165, 1.54) is 0 Å². The average Bonchev–Trinajstić information content (AvgIpc) is 3.00. The van der Waals surface area contributed by atoms with Crippen LogP contribution in [0.2, 0.25) is 0 Å².